The molecule has 1 aliphatic rings. The van der Waals surface area contributed by atoms with Crippen molar-refractivity contribution in [1.29, 1.82) is 0 Å². The van der Waals surface area contributed by atoms with Crippen molar-refractivity contribution in [2.75, 3.05) is 11.2 Å². The number of sulfone groups is 1. The van der Waals surface area contributed by atoms with Gasteiger partial charge in [-0.25, -0.2) is 8.42 Å². The van der Waals surface area contributed by atoms with E-state index in [0.717, 1.165) is 11.4 Å². The first-order valence-corrected chi connectivity index (χ1v) is 10.8. The summed E-state index contributed by atoms with van der Waals surface area (Å²) in [5.74, 6) is 0.105. The van der Waals surface area contributed by atoms with E-state index < -0.39 is 9.84 Å². The number of rotatable bonds is 6. The largest absolute Gasteiger partial charge is 0.278 e. The predicted molar refractivity (Wildman–Crippen MR) is 110 cm³/mol. The molecule has 2 rings (SSSR count). The molecule has 0 fully saturated rings. The van der Waals surface area contributed by atoms with Gasteiger partial charge < -0.3 is 0 Å². The molecule has 1 aromatic rings. The second-order valence-corrected chi connectivity index (χ2v) is 9.84. The molecule has 0 radical (unpaired) electrons. The normalized spacial score (nSPS) is 18.4. The highest BCUT2D eigenvalue weighted by molar-refractivity contribution is 7.91. The lowest BCUT2D eigenvalue weighted by Gasteiger charge is -2.32. The van der Waals surface area contributed by atoms with E-state index in [1.165, 1.54) is 30.4 Å². The van der Waals surface area contributed by atoms with Crippen LogP contribution < -0.4 is 5.43 Å². The van der Waals surface area contributed by atoms with Crippen molar-refractivity contribution in [3.05, 3.63) is 47.6 Å². The zero-order valence-corrected chi connectivity index (χ0v) is 17.3. The second kappa shape index (κ2) is 8.21. The maximum absolute atomic E-state index is 11.8. The van der Waals surface area contributed by atoms with Crippen molar-refractivity contribution < 1.29 is 8.42 Å². The van der Waals surface area contributed by atoms with Crippen LogP contribution in [0.5, 0.6) is 0 Å². The molecular weight excluding hydrogens is 344 g/mol. The zero-order chi connectivity index (χ0) is 19.4. The third-order valence-electron chi connectivity index (χ3n) is 4.99. The Morgan fingerprint density at radius 2 is 1.92 bits per heavy atom. The van der Waals surface area contributed by atoms with Crippen LogP contribution in [0.15, 0.2) is 57.6 Å². The van der Waals surface area contributed by atoms with Crippen LogP contribution >= 0.6 is 0 Å². The highest BCUT2D eigenvalue weighted by Gasteiger charge is 2.26. The van der Waals surface area contributed by atoms with Gasteiger partial charge in [-0.3, -0.25) is 5.43 Å². The summed E-state index contributed by atoms with van der Waals surface area (Å²) in [4.78, 5) is 0.341. The molecule has 0 aliphatic heterocycles. The van der Waals surface area contributed by atoms with Crippen molar-refractivity contribution in [1.82, 2.24) is 0 Å². The van der Waals surface area contributed by atoms with Crippen molar-refractivity contribution in [2.45, 2.75) is 58.8 Å². The third-order valence-corrected chi connectivity index (χ3v) is 6.74. The molecule has 1 aliphatic carbocycles. The molecular formula is C21H30N2O2S. The second-order valence-electron chi connectivity index (χ2n) is 7.56. The van der Waals surface area contributed by atoms with Gasteiger partial charge in [0.15, 0.2) is 9.84 Å². The number of anilines is 1. The molecule has 0 atom stereocenters. The lowest BCUT2D eigenvalue weighted by atomic mass is 9.72. The summed E-state index contributed by atoms with van der Waals surface area (Å²) in [5, 5.41) is 4.37. The number of nitrogens with one attached hydrogen (secondary N) is 1. The summed E-state index contributed by atoms with van der Waals surface area (Å²) in [6.45, 7) is 10.4. The summed E-state index contributed by atoms with van der Waals surface area (Å²) in [5.41, 5.74) is 7.71. The van der Waals surface area contributed by atoms with Gasteiger partial charge in [-0.1, -0.05) is 32.4 Å². The Morgan fingerprint density at radius 1 is 1.27 bits per heavy atom. The van der Waals surface area contributed by atoms with Gasteiger partial charge in [0.2, 0.25) is 0 Å². The molecule has 0 bridgehead atoms. The van der Waals surface area contributed by atoms with Gasteiger partial charge in [0, 0.05) is 0 Å². The minimum absolute atomic E-state index is 0.105. The topological polar surface area (TPSA) is 58.5 Å². The van der Waals surface area contributed by atoms with Crippen LogP contribution in [0.2, 0.25) is 0 Å². The Balaban J connectivity index is 2.07. The predicted octanol–water partition coefficient (Wildman–Crippen LogP) is 5.35. The standard InChI is InChI=1S/C21H30N2O2S/c1-6-26(24,25)19-12-10-18(11-13-19)23-22-17(3)9-14-20-16(2)8-7-15-21(20,4)5/h9-14,23H,6-8,15H2,1-5H3/b14-9+,22-17+. The number of nitrogens with zero attached hydrogens (tertiary/aromatic N) is 1. The van der Waals surface area contributed by atoms with Crippen LogP contribution in [0.4, 0.5) is 5.69 Å². The van der Waals surface area contributed by atoms with Crippen LogP contribution in [0, 0.1) is 5.41 Å². The number of allylic oxidation sites excluding steroid dienone is 4. The SMILES string of the molecule is CCS(=O)(=O)c1ccc(N/N=C(C)/C=C/C2=C(C)CCCC2(C)C)cc1. The molecule has 5 heteroatoms. The Kier molecular flexibility index (Phi) is 6.45. The van der Waals surface area contributed by atoms with Gasteiger partial charge in [0.1, 0.15) is 0 Å². The van der Waals surface area contributed by atoms with Crippen LogP contribution in [-0.4, -0.2) is 19.9 Å². The summed E-state index contributed by atoms with van der Waals surface area (Å²) < 4.78 is 23.7. The molecule has 1 aromatic carbocycles. The molecule has 0 amide bonds. The van der Waals surface area contributed by atoms with Crippen LogP contribution in [-0.2, 0) is 9.84 Å². The fourth-order valence-electron chi connectivity index (χ4n) is 3.31. The lowest BCUT2D eigenvalue weighted by molar-refractivity contribution is 0.377. The molecule has 0 saturated carbocycles. The molecule has 4 nitrogen and oxygen atoms in total. The Bertz CT molecular complexity index is 829. The van der Waals surface area contributed by atoms with Gasteiger partial charge in [-0.15, -0.1) is 0 Å². The van der Waals surface area contributed by atoms with Gasteiger partial charge in [0.05, 0.1) is 22.0 Å². The van der Waals surface area contributed by atoms with E-state index >= 15 is 0 Å². The molecule has 0 aromatic heterocycles. The Hall–Kier alpha value is -1.88. The van der Waals surface area contributed by atoms with Gasteiger partial charge in [-0.2, -0.15) is 5.10 Å². The van der Waals surface area contributed by atoms with E-state index in [1.54, 1.807) is 31.2 Å². The van der Waals surface area contributed by atoms with Gasteiger partial charge in [-0.05, 0) is 74.4 Å². The van der Waals surface area contributed by atoms with Gasteiger partial charge in [0.25, 0.3) is 0 Å². The minimum Gasteiger partial charge on any atom is -0.278 e. The van der Waals surface area contributed by atoms with Crippen molar-refractivity contribution >= 4 is 21.2 Å². The van der Waals surface area contributed by atoms with E-state index in [4.69, 9.17) is 0 Å². The third kappa shape index (κ3) is 5.07. The van der Waals surface area contributed by atoms with Crippen LogP contribution in [0.3, 0.4) is 0 Å². The smallest absolute Gasteiger partial charge is 0.178 e. The van der Waals surface area contributed by atoms with E-state index in [0.29, 0.717) is 4.90 Å². The molecule has 142 valence electrons. The average Bonchev–Trinajstić information content (AvgIpc) is 2.59. The number of hydrogen-bond donors (Lipinski definition) is 1. The first-order valence-electron chi connectivity index (χ1n) is 9.17. The van der Waals surface area contributed by atoms with E-state index in [2.05, 4.69) is 37.4 Å². The zero-order valence-electron chi connectivity index (χ0n) is 16.5. The summed E-state index contributed by atoms with van der Waals surface area (Å²) in [6, 6.07) is 6.70. The fraction of sp³-hybridized carbons (Fsp3) is 0.476. The quantitative estimate of drug-likeness (QED) is 0.539. The highest BCUT2D eigenvalue weighted by atomic mass is 32.2. The minimum atomic E-state index is -3.16. The number of hydrazone groups is 1. The summed E-state index contributed by atoms with van der Waals surface area (Å²) >= 11 is 0. The molecule has 1 N–H and O–H groups in total. The van der Waals surface area contributed by atoms with Crippen molar-refractivity contribution in [3.8, 4) is 0 Å². The van der Waals surface area contributed by atoms with Crippen molar-refractivity contribution in [2.24, 2.45) is 10.5 Å². The number of benzene rings is 1. The molecule has 0 saturated heterocycles. The fourth-order valence-corrected chi connectivity index (χ4v) is 4.19. The molecule has 0 spiro atoms. The monoisotopic (exact) mass is 374 g/mol. The average molecular weight is 375 g/mol. The van der Waals surface area contributed by atoms with E-state index in [1.807, 2.05) is 13.0 Å². The summed E-state index contributed by atoms with van der Waals surface area (Å²) in [7, 11) is -3.16. The Labute approximate surface area is 158 Å². The summed E-state index contributed by atoms with van der Waals surface area (Å²) in [6.07, 6.45) is 7.87. The van der Waals surface area contributed by atoms with Crippen LogP contribution in [0.25, 0.3) is 0 Å². The first kappa shape index (κ1) is 20.4. The molecule has 26 heavy (non-hydrogen) atoms. The Morgan fingerprint density at radius 3 is 2.50 bits per heavy atom. The van der Waals surface area contributed by atoms with E-state index in [9.17, 15) is 8.42 Å². The maximum atomic E-state index is 11.8. The van der Waals surface area contributed by atoms with Crippen LogP contribution in [0.1, 0.15) is 53.9 Å². The number of hydrogen-bond acceptors (Lipinski definition) is 4. The molecule has 0 unspecified atom stereocenters. The maximum Gasteiger partial charge on any atom is 0.178 e. The first-order chi connectivity index (χ1) is 12.2. The van der Waals surface area contributed by atoms with E-state index in [-0.39, 0.29) is 11.2 Å². The molecule has 0 heterocycles. The van der Waals surface area contributed by atoms with Gasteiger partial charge >= 0.3 is 0 Å². The highest BCUT2D eigenvalue weighted by Crippen LogP contribution is 2.40. The lowest BCUT2D eigenvalue weighted by Crippen LogP contribution is -2.19. The van der Waals surface area contributed by atoms with Crippen molar-refractivity contribution in [3.63, 3.8) is 0 Å².